The topological polar surface area (TPSA) is 118 Å². The van der Waals surface area contributed by atoms with Gasteiger partial charge in [-0.15, -0.1) is 0 Å². The summed E-state index contributed by atoms with van der Waals surface area (Å²) in [6, 6.07) is 3.80. The number of aliphatic hydroxyl groups excluding tert-OH is 3. The lowest BCUT2D eigenvalue weighted by Crippen LogP contribution is -2.39. The van der Waals surface area contributed by atoms with Crippen LogP contribution in [0.3, 0.4) is 0 Å². The Morgan fingerprint density at radius 2 is 1.81 bits per heavy atom. The molecule has 0 radical (unpaired) electrons. The number of allylic oxidation sites excluding steroid dienone is 1. The first-order chi connectivity index (χ1) is 15.1. The summed E-state index contributed by atoms with van der Waals surface area (Å²) in [5.74, 6) is -2.32. The molecule has 32 heavy (non-hydrogen) atoms. The summed E-state index contributed by atoms with van der Waals surface area (Å²) in [6.45, 7) is 4.96. The van der Waals surface area contributed by atoms with Crippen molar-refractivity contribution in [2.45, 2.75) is 46.1 Å². The SMILES string of the molecule is C/C(=C\c1cc(C)c(O)c(C)c1)CC[C@@H](O)C1=C(CO)C[C@H]2C(=O)N(C)C(=O)[C@H]2[C@H]1CO. The van der Waals surface area contributed by atoms with E-state index in [1.165, 1.54) is 7.05 Å². The van der Waals surface area contributed by atoms with E-state index < -0.39 is 23.9 Å². The molecule has 7 heteroatoms. The monoisotopic (exact) mass is 443 g/mol. The van der Waals surface area contributed by atoms with Crippen LogP contribution in [-0.2, 0) is 9.59 Å². The largest absolute Gasteiger partial charge is 0.507 e. The van der Waals surface area contributed by atoms with Gasteiger partial charge in [0.15, 0.2) is 0 Å². The number of hydrogen-bond acceptors (Lipinski definition) is 6. The summed E-state index contributed by atoms with van der Waals surface area (Å²) in [5, 5.41) is 40.9. The van der Waals surface area contributed by atoms with Crippen LogP contribution in [0.4, 0.5) is 0 Å². The maximum atomic E-state index is 12.6. The highest BCUT2D eigenvalue weighted by atomic mass is 16.3. The van der Waals surface area contributed by atoms with Gasteiger partial charge in [-0.3, -0.25) is 14.5 Å². The lowest BCUT2D eigenvalue weighted by Gasteiger charge is -2.36. The first-order valence-corrected chi connectivity index (χ1v) is 11.0. The van der Waals surface area contributed by atoms with Gasteiger partial charge in [-0.1, -0.05) is 11.6 Å². The fourth-order valence-electron chi connectivity index (χ4n) is 5.21. The number of rotatable bonds is 7. The molecule has 3 rings (SSSR count). The standard InChI is InChI=1S/C25H33NO6/c1-13(7-16-8-14(2)23(30)15(3)9-16)5-6-20(29)21-17(11-27)10-18-22(19(21)12-28)25(32)26(4)24(18)31/h7-9,18-20,22,27-30H,5-6,10-12H2,1-4H3/b13-7+/t18-,19+,20-,22-/m1/s1. The molecular weight excluding hydrogens is 410 g/mol. The average molecular weight is 444 g/mol. The molecule has 4 atom stereocenters. The Kier molecular flexibility index (Phi) is 7.22. The third kappa shape index (κ3) is 4.37. The Bertz CT molecular complexity index is 956. The van der Waals surface area contributed by atoms with Crippen molar-refractivity contribution >= 4 is 17.9 Å². The minimum atomic E-state index is -0.935. The summed E-state index contributed by atoms with van der Waals surface area (Å²) >= 11 is 0. The number of fused-ring (bicyclic) bond motifs is 1. The fraction of sp³-hybridized carbons (Fsp3) is 0.520. The Morgan fingerprint density at radius 3 is 2.38 bits per heavy atom. The number of benzene rings is 1. The summed E-state index contributed by atoms with van der Waals surface area (Å²) in [5.41, 5.74) is 4.63. The highest BCUT2D eigenvalue weighted by Gasteiger charge is 2.53. The van der Waals surface area contributed by atoms with Crippen LogP contribution >= 0.6 is 0 Å². The number of aromatic hydroxyl groups is 1. The second kappa shape index (κ2) is 9.57. The molecule has 1 aliphatic heterocycles. The number of hydrogen-bond donors (Lipinski definition) is 4. The molecule has 0 bridgehead atoms. The van der Waals surface area contributed by atoms with Gasteiger partial charge in [0, 0.05) is 13.0 Å². The van der Waals surface area contributed by atoms with E-state index in [0.29, 0.717) is 24.0 Å². The van der Waals surface area contributed by atoms with Crippen LogP contribution in [-0.4, -0.2) is 63.5 Å². The number of carbonyl (C=O) groups excluding carboxylic acids is 2. The van der Waals surface area contributed by atoms with E-state index in [-0.39, 0.29) is 37.2 Å². The predicted molar refractivity (Wildman–Crippen MR) is 121 cm³/mol. The Morgan fingerprint density at radius 1 is 1.19 bits per heavy atom. The van der Waals surface area contributed by atoms with E-state index in [1.54, 1.807) is 0 Å². The molecule has 7 nitrogen and oxygen atoms in total. The number of nitrogens with zero attached hydrogens (tertiary/aromatic N) is 1. The molecule has 174 valence electrons. The zero-order chi connectivity index (χ0) is 23.7. The molecule has 2 amide bonds. The van der Waals surface area contributed by atoms with E-state index in [2.05, 4.69) is 0 Å². The van der Waals surface area contributed by atoms with Gasteiger partial charge in [-0.05, 0) is 80.0 Å². The van der Waals surface area contributed by atoms with Gasteiger partial charge in [0.2, 0.25) is 11.8 Å². The van der Waals surface area contributed by atoms with Gasteiger partial charge >= 0.3 is 0 Å². The molecule has 1 fully saturated rings. The third-order valence-corrected chi connectivity index (χ3v) is 6.89. The molecular formula is C25H33NO6. The van der Waals surface area contributed by atoms with E-state index in [1.807, 2.05) is 39.0 Å². The van der Waals surface area contributed by atoms with E-state index in [4.69, 9.17) is 0 Å². The van der Waals surface area contributed by atoms with Crippen LogP contribution in [0.15, 0.2) is 28.9 Å². The van der Waals surface area contributed by atoms with Crippen molar-refractivity contribution in [2.75, 3.05) is 20.3 Å². The number of carbonyl (C=O) groups is 2. The molecule has 1 saturated heterocycles. The minimum Gasteiger partial charge on any atom is -0.507 e. The van der Waals surface area contributed by atoms with E-state index >= 15 is 0 Å². The summed E-state index contributed by atoms with van der Waals surface area (Å²) in [7, 11) is 1.44. The quantitative estimate of drug-likeness (QED) is 0.379. The zero-order valence-corrected chi connectivity index (χ0v) is 19.1. The summed E-state index contributed by atoms with van der Waals surface area (Å²) in [4.78, 5) is 26.2. The maximum Gasteiger partial charge on any atom is 0.233 e. The lowest BCUT2D eigenvalue weighted by atomic mass is 9.68. The smallest absolute Gasteiger partial charge is 0.233 e. The van der Waals surface area contributed by atoms with Gasteiger partial charge in [0.05, 0.1) is 31.2 Å². The molecule has 0 saturated carbocycles. The second-order valence-corrected chi connectivity index (χ2v) is 9.13. The van der Waals surface area contributed by atoms with Gasteiger partial charge in [-0.25, -0.2) is 0 Å². The third-order valence-electron chi connectivity index (χ3n) is 6.89. The fourth-order valence-corrected chi connectivity index (χ4v) is 5.21. The van der Waals surface area contributed by atoms with Crippen LogP contribution < -0.4 is 0 Å². The number of amides is 2. The van der Waals surface area contributed by atoms with Gasteiger partial charge in [0.25, 0.3) is 0 Å². The number of likely N-dealkylation sites (tertiary alicyclic amines) is 1. The van der Waals surface area contributed by atoms with Crippen LogP contribution in [0.5, 0.6) is 5.75 Å². The van der Waals surface area contributed by atoms with Crippen molar-refractivity contribution in [1.82, 2.24) is 4.90 Å². The molecule has 1 aromatic rings. The van der Waals surface area contributed by atoms with Crippen molar-refractivity contribution in [3.8, 4) is 5.75 Å². The number of imide groups is 1. The molecule has 2 aliphatic rings. The summed E-state index contributed by atoms with van der Waals surface area (Å²) < 4.78 is 0. The van der Waals surface area contributed by atoms with Crippen LogP contribution in [0, 0.1) is 31.6 Å². The molecule has 1 aromatic carbocycles. The van der Waals surface area contributed by atoms with Crippen LogP contribution in [0.2, 0.25) is 0 Å². The van der Waals surface area contributed by atoms with Crippen molar-refractivity contribution in [2.24, 2.45) is 17.8 Å². The number of aryl methyl sites for hydroxylation is 2. The number of phenolic OH excluding ortho intramolecular Hbond substituents is 1. The van der Waals surface area contributed by atoms with Gasteiger partial charge in [-0.2, -0.15) is 0 Å². The van der Waals surface area contributed by atoms with Crippen molar-refractivity contribution < 1.29 is 30.0 Å². The molecule has 4 N–H and O–H groups in total. The highest BCUT2D eigenvalue weighted by molar-refractivity contribution is 6.05. The first-order valence-electron chi connectivity index (χ1n) is 11.0. The number of aliphatic hydroxyl groups is 3. The Labute approximate surface area is 188 Å². The second-order valence-electron chi connectivity index (χ2n) is 9.13. The normalized spacial score (nSPS) is 24.9. The molecule has 1 aliphatic carbocycles. The van der Waals surface area contributed by atoms with E-state index in [0.717, 1.165) is 27.2 Å². The number of phenols is 1. The van der Waals surface area contributed by atoms with Crippen LogP contribution in [0.25, 0.3) is 6.08 Å². The molecule has 0 spiro atoms. The molecule has 0 aromatic heterocycles. The van der Waals surface area contributed by atoms with Crippen molar-refractivity contribution in [1.29, 1.82) is 0 Å². The lowest BCUT2D eigenvalue weighted by molar-refractivity contribution is -0.138. The van der Waals surface area contributed by atoms with Gasteiger partial charge < -0.3 is 20.4 Å². The van der Waals surface area contributed by atoms with Crippen molar-refractivity contribution in [3.05, 3.63) is 45.5 Å². The molecule has 1 heterocycles. The molecule has 0 unspecified atom stereocenters. The Hall–Kier alpha value is -2.48. The van der Waals surface area contributed by atoms with E-state index in [9.17, 15) is 30.0 Å². The van der Waals surface area contributed by atoms with Crippen LogP contribution in [0.1, 0.15) is 42.9 Å². The van der Waals surface area contributed by atoms with Crippen molar-refractivity contribution in [3.63, 3.8) is 0 Å². The first kappa shape index (κ1) is 24.2. The van der Waals surface area contributed by atoms with Gasteiger partial charge in [0.1, 0.15) is 5.75 Å². The predicted octanol–water partition coefficient (Wildman–Crippen LogP) is 2.09. The average Bonchev–Trinajstić information content (AvgIpc) is 2.98. The zero-order valence-electron chi connectivity index (χ0n) is 19.1. The maximum absolute atomic E-state index is 12.6. The Balaban J connectivity index is 1.80. The highest BCUT2D eigenvalue weighted by Crippen LogP contribution is 2.45. The minimum absolute atomic E-state index is 0.222. The summed E-state index contributed by atoms with van der Waals surface area (Å²) in [6.07, 6.45) is 2.22.